The van der Waals surface area contributed by atoms with Crippen LogP contribution in [0, 0.1) is 0 Å². The van der Waals surface area contributed by atoms with Crippen LogP contribution in [-0.2, 0) is 4.74 Å². The summed E-state index contributed by atoms with van der Waals surface area (Å²) in [5.74, 6) is 0. The number of rotatable bonds is 5. The number of carbonyl (C=O) groups excluding carboxylic acids is 1. The Hall–Kier alpha value is -0.490. The maximum atomic E-state index is 12.1. The molecule has 0 aliphatic rings. The Balaban J connectivity index is 4.51. The number of carbonyl (C=O) groups is 1. The molecule has 142 valence electrons. The minimum Gasteiger partial charge on any atom is -0.465 e. The van der Waals surface area contributed by atoms with Gasteiger partial charge in [-0.15, -0.1) is 0 Å². The number of ether oxygens (including phenoxy) is 1. The second-order valence-corrected chi connectivity index (χ2v) is 11.7. The highest BCUT2D eigenvalue weighted by molar-refractivity contribution is 8.14. The molecule has 0 saturated heterocycles. The molecule has 0 aromatic heterocycles. The van der Waals surface area contributed by atoms with E-state index in [0.29, 0.717) is 5.17 Å². The third kappa shape index (κ3) is 12.9. The van der Waals surface area contributed by atoms with Gasteiger partial charge in [0, 0.05) is 15.8 Å². The van der Waals surface area contributed by atoms with Gasteiger partial charge in [0.1, 0.15) is 5.60 Å². The number of hydrogen-bond donors (Lipinski definition) is 2. The topological polar surface area (TPSA) is 50.4 Å². The molecular weight excluding hydrogens is 340 g/mol. The zero-order valence-electron chi connectivity index (χ0n) is 17.0. The van der Waals surface area contributed by atoms with Crippen LogP contribution >= 0.6 is 24.0 Å². The lowest BCUT2D eigenvalue weighted by molar-refractivity contribution is 0.0715. The first-order valence-electron chi connectivity index (χ1n) is 8.43. The molecule has 2 N–H and O–H groups in total. The highest BCUT2D eigenvalue weighted by atomic mass is 32.2. The van der Waals surface area contributed by atoms with Crippen LogP contribution < -0.4 is 10.6 Å². The summed E-state index contributed by atoms with van der Waals surface area (Å²) in [6.07, 6.45) is 1.58. The van der Waals surface area contributed by atoms with Crippen molar-refractivity contribution in [2.75, 3.05) is 0 Å². The lowest BCUT2D eigenvalue weighted by atomic mass is 9.91. The van der Waals surface area contributed by atoms with E-state index in [1.165, 1.54) is 11.8 Å². The third-order valence-corrected chi connectivity index (χ3v) is 4.12. The van der Waals surface area contributed by atoms with Gasteiger partial charge in [0.2, 0.25) is 0 Å². The zero-order valence-corrected chi connectivity index (χ0v) is 18.7. The van der Waals surface area contributed by atoms with Crippen LogP contribution in [0.4, 0.5) is 4.79 Å². The maximum Gasteiger partial charge on any atom is 0.279 e. The summed E-state index contributed by atoms with van der Waals surface area (Å²) >= 11 is 6.60. The first kappa shape index (κ1) is 23.5. The van der Waals surface area contributed by atoms with Crippen LogP contribution in [0.25, 0.3) is 0 Å². The predicted octanol–water partition coefficient (Wildman–Crippen LogP) is 5.25. The van der Waals surface area contributed by atoms with Gasteiger partial charge in [-0.25, -0.2) is 0 Å². The van der Waals surface area contributed by atoms with Crippen molar-refractivity contribution in [3.63, 3.8) is 0 Å². The Bertz CT molecular complexity index is 405. The summed E-state index contributed by atoms with van der Waals surface area (Å²) < 4.78 is 5.81. The van der Waals surface area contributed by atoms with Crippen molar-refractivity contribution < 1.29 is 9.53 Å². The quantitative estimate of drug-likeness (QED) is 0.641. The van der Waals surface area contributed by atoms with Crippen LogP contribution in [0.5, 0.6) is 0 Å². The highest BCUT2D eigenvalue weighted by Crippen LogP contribution is 2.27. The van der Waals surface area contributed by atoms with Gasteiger partial charge in [-0.3, -0.25) is 4.79 Å². The van der Waals surface area contributed by atoms with E-state index in [2.05, 4.69) is 10.6 Å². The van der Waals surface area contributed by atoms with Gasteiger partial charge in [-0.05, 0) is 73.5 Å². The molecule has 1 amide bonds. The minimum absolute atomic E-state index is 0.0103. The molecule has 0 aromatic rings. The Labute approximate surface area is 158 Å². The van der Waals surface area contributed by atoms with Crippen molar-refractivity contribution >= 4 is 34.4 Å². The van der Waals surface area contributed by atoms with Crippen molar-refractivity contribution in [1.82, 2.24) is 10.6 Å². The molecule has 4 nitrogen and oxygen atoms in total. The van der Waals surface area contributed by atoms with Crippen LogP contribution in [-0.4, -0.2) is 31.8 Å². The summed E-state index contributed by atoms with van der Waals surface area (Å²) in [6, 6.07) is 0. The average Bonchev–Trinajstić information content (AvgIpc) is 2.19. The fourth-order valence-corrected chi connectivity index (χ4v) is 3.30. The SMILES string of the molecule is CC(C)(C)NC(=S)OC(C)(C)CCC(C)(C)NC(=O)SC(C)(C)C. The number of amides is 1. The summed E-state index contributed by atoms with van der Waals surface area (Å²) in [5.41, 5.74) is -0.811. The molecule has 0 unspecified atom stereocenters. The van der Waals surface area contributed by atoms with Crippen molar-refractivity contribution in [1.29, 1.82) is 0 Å². The van der Waals surface area contributed by atoms with Crippen LogP contribution in [0.15, 0.2) is 0 Å². The largest absolute Gasteiger partial charge is 0.465 e. The molecule has 0 aliphatic carbocycles. The number of thioether (sulfide) groups is 1. The second-order valence-electron chi connectivity index (χ2n) is 9.53. The Kier molecular flexibility index (Phi) is 8.09. The Morgan fingerprint density at radius 3 is 1.83 bits per heavy atom. The van der Waals surface area contributed by atoms with Gasteiger partial charge in [0.25, 0.3) is 10.4 Å². The number of hydrogen-bond acceptors (Lipinski definition) is 4. The first-order chi connectivity index (χ1) is 10.4. The third-order valence-electron chi connectivity index (χ3n) is 3.04. The van der Waals surface area contributed by atoms with E-state index in [0.717, 1.165) is 12.8 Å². The summed E-state index contributed by atoms with van der Waals surface area (Å²) in [7, 11) is 0. The molecule has 0 heterocycles. The molecule has 0 aromatic carbocycles. The van der Waals surface area contributed by atoms with Crippen LogP contribution in [0.2, 0.25) is 0 Å². The van der Waals surface area contributed by atoms with Crippen LogP contribution in [0.1, 0.15) is 82.1 Å². The molecule has 0 saturated carbocycles. The van der Waals surface area contributed by atoms with Crippen molar-refractivity contribution in [3.05, 3.63) is 0 Å². The molecule has 24 heavy (non-hydrogen) atoms. The normalized spacial score (nSPS) is 13.4. The van der Waals surface area contributed by atoms with Gasteiger partial charge in [-0.2, -0.15) is 0 Å². The summed E-state index contributed by atoms with van der Waals surface area (Å²) in [6.45, 7) is 20.3. The fourth-order valence-electron chi connectivity index (χ4n) is 1.89. The van der Waals surface area contributed by atoms with Gasteiger partial charge in [-0.1, -0.05) is 32.5 Å². The lowest BCUT2D eigenvalue weighted by Crippen LogP contribution is -2.46. The second kappa shape index (κ2) is 8.26. The van der Waals surface area contributed by atoms with Crippen molar-refractivity contribution in [3.8, 4) is 0 Å². The van der Waals surface area contributed by atoms with E-state index >= 15 is 0 Å². The Morgan fingerprint density at radius 2 is 1.42 bits per heavy atom. The standard InChI is InChI=1S/C18H36N2O2S2/c1-15(2,3)20-14(23)22-18(9,10)12-11-17(7,8)19-13(21)24-16(4,5)6/h11-12H2,1-10H3,(H,19,21)(H,20,23). The molecule has 6 heteroatoms. The molecular formula is C18H36N2O2S2. The summed E-state index contributed by atoms with van der Waals surface area (Å²) in [5, 5.41) is 6.69. The average molecular weight is 377 g/mol. The van der Waals surface area contributed by atoms with Crippen molar-refractivity contribution in [2.45, 2.75) is 104 Å². The predicted molar refractivity (Wildman–Crippen MR) is 110 cm³/mol. The fraction of sp³-hybridized carbons (Fsp3) is 0.889. The monoisotopic (exact) mass is 376 g/mol. The smallest absolute Gasteiger partial charge is 0.279 e. The van der Waals surface area contributed by atoms with E-state index in [1.54, 1.807) is 0 Å². The lowest BCUT2D eigenvalue weighted by Gasteiger charge is -2.34. The van der Waals surface area contributed by atoms with E-state index in [9.17, 15) is 4.79 Å². The van der Waals surface area contributed by atoms with Gasteiger partial charge >= 0.3 is 0 Å². The zero-order chi connectivity index (χ0) is 19.4. The molecule has 0 fully saturated rings. The van der Waals surface area contributed by atoms with E-state index in [-0.39, 0.29) is 21.1 Å². The molecule has 0 radical (unpaired) electrons. The molecule has 0 spiro atoms. The Morgan fingerprint density at radius 1 is 0.917 bits per heavy atom. The maximum absolute atomic E-state index is 12.1. The van der Waals surface area contributed by atoms with Gasteiger partial charge in [0.15, 0.2) is 0 Å². The summed E-state index contributed by atoms with van der Waals surface area (Å²) in [4.78, 5) is 12.1. The number of thiocarbonyl (C=S) groups is 1. The highest BCUT2D eigenvalue weighted by Gasteiger charge is 2.29. The van der Waals surface area contributed by atoms with Gasteiger partial charge < -0.3 is 15.4 Å². The van der Waals surface area contributed by atoms with E-state index in [1.807, 2.05) is 69.2 Å². The van der Waals surface area contributed by atoms with Crippen LogP contribution in [0.3, 0.4) is 0 Å². The molecule has 0 rings (SSSR count). The number of nitrogens with one attached hydrogen (secondary N) is 2. The molecule has 0 aliphatic heterocycles. The first-order valence-corrected chi connectivity index (χ1v) is 9.66. The van der Waals surface area contributed by atoms with E-state index < -0.39 is 5.60 Å². The molecule has 0 bridgehead atoms. The minimum atomic E-state index is -0.394. The van der Waals surface area contributed by atoms with Crippen molar-refractivity contribution in [2.24, 2.45) is 0 Å². The molecule has 0 atom stereocenters. The van der Waals surface area contributed by atoms with E-state index in [4.69, 9.17) is 17.0 Å². The van der Waals surface area contributed by atoms with Gasteiger partial charge in [0.05, 0.1) is 0 Å².